The highest BCUT2D eigenvalue weighted by Crippen LogP contribution is 2.31. The number of carbonyl (C=O) groups is 1. The van der Waals surface area contributed by atoms with Crippen molar-refractivity contribution in [3.63, 3.8) is 0 Å². The Morgan fingerprint density at radius 3 is 3.11 bits per heavy atom. The van der Waals surface area contributed by atoms with Gasteiger partial charge < -0.3 is 15.0 Å². The number of nitrogens with one attached hydrogen (secondary N) is 1. The molecule has 1 fully saturated rings. The molecule has 1 aliphatic rings. The maximum Gasteiger partial charge on any atom is 0.267 e. The van der Waals surface area contributed by atoms with Gasteiger partial charge in [0.25, 0.3) is 5.91 Å². The molecule has 5 heteroatoms. The minimum Gasteiger partial charge on any atom is -0.495 e. The van der Waals surface area contributed by atoms with Crippen LogP contribution < -0.4 is 10.1 Å². The van der Waals surface area contributed by atoms with E-state index in [2.05, 4.69) is 5.32 Å². The van der Waals surface area contributed by atoms with Gasteiger partial charge in [-0.15, -0.1) is 11.3 Å². The summed E-state index contributed by atoms with van der Waals surface area (Å²) in [5.41, 5.74) is 0. The molecular weight excluding hydrogens is 248 g/mol. The highest BCUT2D eigenvalue weighted by Gasteiger charge is 2.29. The Morgan fingerprint density at radius 2 is 2.44 bits per heavy atom. The summed E-state index contributed by atoms with van der Waals surface area (Å²) in [7, 11) is 3.57. The van der Waals surface area contributed by atoms with Gasteiger partial charge in [-0.2, -0.15) is 0 Å². The lowest BCUT2D eigenvalue weighted by molar-refractivity contribution is 0.0789. The Labute approximate surface area is 112 Å². The second-order valence-corrected chi connectivity index (χ2v) is 5.97. The quantitative estimate of drug-likeness (QED) is 0.904. The highest BCUT2D eigenvalue weighted by molar-refractivity contribution is 7.14. The van der Waals surface area contributed by atoms with E-state index in [1.54, 1.807) is 7.11 Å². The third kappa shape index (κ3) is 2.67. The molecule has 0 bridgehead atoms. The average Bonchev–Trinajstić information content (AvgIpc) is 2.95. The number of nitrogens with zero attached hydrogens (tertiary/aromatic N) is 1. The molecule has 0 saturated carbocycles. The van der Waals surface area contributed by atoms with Crippen LogP contribution in [0.5, 0.6) is 5.75 Å². The first-order chi connectivity index (χ1) is 8.65. The highest BCUT2D eigenvalue weighted by atomic mass is 32.1. The summed E-state index contributed by atoms with van der Waals surface area (Å²) in [5.74, 6) is 1.40. The third-order valence-electron chi connectivity index (χ3n) is 3.30. The lowest BCUT2D eigenvalue weighted by atomic mass is 10.1. The summed E-state index contributed by atoms with van der Waals surface area (Å²) < 4.78 is 5.27. The zero-order valence-electron chi connectivity index (χ0n) is 11.2. The maximum absolute atomic E-state index is 12.4. The second-order valence-electron chi connectivity index (χ2n) is 4.72. The van der Waals surface area contributed by atoms with Crippen LogP contribution in [0.25, 0.3) is 0 Å². The van der Waals surface area contributed by atoms with E-state index < -0.39 is 0 Å². The van der Waals surface area contributed by atoms with Crippen molar-refractivity contribution in [3.05, 3.63) is 15.8 Å². The van der Waals surface area contributed by atoms with E-state index in [0.717, 1.165) is 35.8 Å². The molecule has 1 aromatic rings. The van der Waals surface area contributed by atoms with Crippen LogP contribution in [0.15, 0.2) is 6.07 Å². The van der Waals surface area contributed by atoms with E-state index in [1.165, 1.54) is 11.3 Å². The van der Waals surface area contributed by atoms with Gasteiger partial charge in [0.2, 0.25) is 0 Å². The van der Waals surface area contributed by atoms with Crippen LogP contribution in [0.2, 0.25) is 0 Å². The van der Waals surface area contributed by atoms with Crippen molar-refractivity contribution < 1.29 is 9.53 Å². The third-order valence-corrected chi connectivity index (χ3v) is 4.32. The van der Waals surface area contributed by atoms with Gasteiger partial charge in [-0.1, -0.05) is 0 Å². The standard InChI is InChI=1S/C13H20N2O2S/c1-9-6-11(17-3)12(18-9)13(16)15-5-4-10(8-15)7-14-2/h6,10,14H,4-5,7-8H2,1-3H3/t10-/m0/s1. The van der Waals surface area contributed by atoms with Crippen molar-refractivity contribution in [2.75, 3.05) is 33.8 Å². The lowest BCUT2D eigenvalue weighted by Gasteiger charge is -2.16. The molecule has 2 rings (SSSR count). The first kappa shape index (κ1) is 13.4. The van der Waals surface area contributed by atoms with Crippen LogP contribution in [0.3, 0.4) is 0 Å². The number of hydrogen-bond acceptors (Lipinski definition) is 4. The van der Waals surface area contributed by atoms with Crippen molar-refractivity contribution in [2.24, 2.45) is 5.92 Å². The Kier molecular flexibility index (Phi) is 4.24. The normalized spacial score (nSPS) is 19.3. The Hall–Kier alpha value is -1.07. The first-order valence-electron chi connectivity index (χ1n) is 6.24. The molecule has 1 N–H and O–H groups in total. The van der Waals surface area contributed by atoms with Crippen molar-refractivity contribution in [1.29, 1.82) is 0 Å². The minimum absolute atomic E-state index is 0.114. The van der Waals surface area contributed by atoms with Gasteiger partial charge in [0.15, 0.2) is 0 Å². The van der Waals surface area contributed by atoms with Crippen molar-refractivity contribution in [2.45, 2.75) is 13.3 Å². The molecule has 0 radical (unpaired) electrons. The summed E-state index contributed by atoms with van der Waals surface area (Å²) in [4.78, 5) is 16.2. The summed E-state index contributed by atoms with van der Waals surface area (Å²) >= 11 is 1.52. The minimum atomic E-state index is 0.114. The van der Waals surface area contributed by atoms with Crippen LogP contribution in [-0.2, 0) is 0 Å². The number of carbonyl (C=O) groups excluding carboxylic acids is 1. The maximum atomic E-state index is 12.4. The summed E-state index contributed by atoms with van der Waals surface area (Å²) in [6, 6.07) is 1.93. The molecule has 2 heterocycles. The molecule has 1 aromatic heterocycles. The second kappa shape index (κ2) is 5.71. The molecule has 18 heavy (non-hydrogen) atoms. The van der Waals surface area contributed by atoms with Crippen molar-refractivity contribution in [1.82, 2.24) is 10.2 Å². The van der Waals surface area contributed by atoms with E-state index >= 15 is 0 Å². The van der Waals surface area contributed by atoms with Gasteiger partial charge in [0, 0.05) is 18.0 Å². The van der Waals surface area contributed by atoms with Crippen molar-refractivity contribution in [3.8, 4) is 5.75 Å². The van der Waals surface area contributed by atoms with E-state index in [-0.39, 0.29) is 5.91 Å². The zero-order valence-corrected chi connectivity index (χ0v) is 12.0. The number of methoxy groups -OCH3 is 1. The fraction of sp³-hybridized carbons (Fsp3) is 0.615. The van der Waals surface area contributed by atoms with Crippen LogP contribution in [0.1, 0.15) is 21.0 Å². The van der Waals surface area contributed by atoms with E-state index in [4.69, 9.17) is 4.74 Å². The number of likely N-dealkylation sites (tertiary alicyclic amines) is 1. The zero-order chi connectivity index (χ0) is 13.1. The summed E-state index contributed by atoms with van der Waals surface area (Å²) in [5, 5.41) is 3.18. The predicted octanol–water partition coefficient (Wildman–Crippen LogP) is 1.75. The summed E-state index contributed by atoms with van der Waals surface area (Å²) in [6.45, 7) is 4.67. The van der Waals surface area contributed by atoms with E-state index in [0.29, 0.717) is 11.7 Å². The summed E-state index contributed by atoms with van der Waals surface area (Å²) in [6.07, 6.45) is 1.08. The smallest absolute Gasteiger partial charge is 0.267 e. The fourth-order valence-electron chi connectivity index (χ4n) is 2.41. The topological polar surface area (TPSA) is 41.6 Å². The number of thiophene rings is 1. The van der Waals surface area contributed by atoms with Crippen LogP contribution in [0, 0.1) is 12.8 Å². The van der Waals surface area contributed by atoms with Gasteiger partial charge in [-0.05, 0) is 38.9 Å². The van der Waals surface area contributed by atoms with Gasteiger partial charge in [0.1, 0.15) is 10.6 Å². The predicted molar refractivity (Wildman–Crippen MR) is 73.5 cm³/mol. The van der Waals surface area contributed by atoms with Gasteiger partial charge in [-0.25, -0.2) is 0 Å². The Bertz CT molecular complexity index is 431. The fourth-order valence-corrected chi connectivity index (χ4v) is 3.35. The Balaban J connectivity index is 2.07. The lowest BCUT2D eigenvalue weighted by Crippen LogP contribution is -2.30. The van der Waals surface area contributed by atoms with Gasteiger partial charge in [-0.3, -0.25) is 4.79 Å². The molecule has 1 amide bonds. The van der Waals surface area contributed by atoms with Crippen LogP contribution >= 0.6 is 11.3 Å². The van der Waals surface area contributed by atoms with Crippen LogP contribution in [0.4, 0.5) is 0 Å². The average molecular weight is 268 g/mol. The van der Waals surface area contributed by atoms with E-state index in [1.807, 2.05) is 24.9 Å². The number of rotatable bonds is 4. The molecule has 4 nitrogen and oxygen atoms in total. The molecule has 0 aromatic carbocycles. The number of amides is 1. The number of ether oxygens (including phenoxy) is 1. The molecule has 1 aliphatic heterocycles. The van der Waals surface area contributed by atoms with Crippen LogP contribution in [-0.4, -0.2) is 44.6 Å². The molecule has 1 atom stereocenters. The van der Waals surface area contributed by atoms with Gasteiger partial charge in [0.05, 0.1) is 7.11 Å². The SMILES string of the molecule is CNC[C@@H]1CCN(C(=O)c2sc(C)cc2OC)C1. The molecule has 0 aliphatic carbocycles. The molecule has 100 valence electrons. The number of hydrogen-bond donors (Lipinski definition) is 1. The molecule has 0 unspecified atom stereocenters. The molecule has 1 saturated heterocycles. The largest absolute Gasteiger partial charge is 0.495 e. The molecular formula is C13H20N2O2S. The monoisotopic (exact) mass is 268 g/mol. The molecule has 0 spiro atoms. The van der Waals surface area contributed by atoms with Gasteiger partial charge >= 0.3 is 0 Å². The number of aryl methyl sites for hydroxylation is 1. The van der Waals surface area contributed by atoms with E-state index in [9.17, 15) is 4.79 Å². The first-order valence-corrected chi connectivity index (χ1v) is 7.05. The Morgan fingerprint density at radius 1 is 1.67 bits per heavy atom. The van der Waals surface area contributed by atoms with Crippen molar-refractivity contribution >= 4 is 17.2 Å².